The molecule has 196 valence electrons. The fourth-order valence-electron chi connectivity index (χ4n) is 4.72. The van der Waals surface area contributed by atoms with Gasteiger partial charge in [0.1, 0.15) is 11.5 Å². The molecule has 0 aliphatic carbocycles. The van der Waals surface area contributed by atoms with E-state index >= 15 is 0 Å². The van der Waals surface area contributed by atoms with E-state index in [1.54, 1.807) is 26.5 Å². The summed E-state index contributed by atoms with van der Waals surface area (Å²) in [6.45, 7) is 6.19. The summed E-state index contributed by atoms with van der Waals surface area (Å²) in [7, 11) is 3.27. The second-order valence-electron chi connectivity index (χ2n) is 8.89. The zero-order valence-corrected chi connectivity index (χ0v) is 21.4. The third kappa shape index (κ3) is 6.19. The zero-order valence-electron chi connectivity index (χ0n) is 21.4. The molecule has 1 aliphatic rings. The van der Waals surface area contributed by atoms with E-state index in [9.17, 15) is 10.2 Å². The number of rotatable bonds is 11. The molecule has 0 spiro atoms. The Balaban J connectivity index is 1.51. The van der Waals surface area contributed by atoms with Crippen molar-refractivity contribution in [3.8, 4) is 17.0 Å². The van der Waals surface area contributed by atoms with E-state index in [2.05, 4.69) is 21.8 Å². The Kier molecular flexibility index (Phi) is 8.95. The Morgan fingerprint density at radius 2 is 2.08 bits per heavy atom. The molecule has 9 nitrogen and oxygen atoms in total. The van der Waals surface area contributed by atoms with Gasteiger partial charge >= 0.3 is 0 Å². The van der Waals surface area contributed by atoms with Gasteiger partial charge in [0.25, 0.3) is 0 Å². The van der Waals surface area contributed by atoms with Gasteiger partial charge in [-0.05, 0) is 48.9 Å². The summed E-state index contributed by atoms with van der Waals surface area (Å²) in [6.07, 6.45) is 7.59. The number of ether oxygens (including phenoxy) is 2. The first-order valence-electron chi connectivity index (χ1n) is 12.4. The zero-order chi connectivity index (χ0) is 26.2. The van der Waals surface area contributed by atoms with E-state index < -0.39 is 6.10 Å². The number of aromatic nitrogens is 3. The van der Waals surface area contributed by atoms with E-state index in [4.69, 9.17) is 14.6 Å². The van der Waals surface area contributed by atoms with Crippen LogP contribution in [-0.2, 0) is 4.74 Å². The number of β-amino-alcohol motifs (C(OH)–C–C–N with tert-alkyl or cyclic N) is 2. The highest BCUT2D eigenvalue weighted by Crippen LogP contribution is 2.31. The van der Waals surface area contributed by atoms with Gasteiger partial charge in [-0.25, -0.2) is 9.50 Å². The van der Waals surface area contributed by atoms with Gasteiger partial charge in [-0.1, -0.05) is 30.9 Å². The van der Waals surface area contributed by atoms with Crippen LogP contribution in [-0.4, -0.2) is 82.8 Å². The molecule has 4 rings (SSSR count). The molecule has 3 N–H and O–H groups in total. The van der Waals surface area contributed by atoms with Crippen LogP contribution in [0.1, 0.15) is 6.42 Å². The van der Waals surface area contributed by atoms with Crippen molar-refractivity contribution in [2.45, 2.75) is 12.5 Å². The first kappa shape index (κ1) is 26.4. The number of fused-ring (bicyclic) bond motifs is 1. The van der Waals surface area contributed by atoms with Gasteiger partial charge in [-0.15, -0.1) is 5.10 Å². The molecule has 9 heteroatoms. The lowest BCUT2D eigenvalue weighted by Crippen LogP contribution is -2.45. The highest BCUT2D eigenvalue weighted by Gasteiger charge is 2.29. The number of para-hydroxylation sites is 1. The van der Waals surface area contributed by atoms with Crippen LogP contribution in [0.15, 0.2) is 78.7 Å². The van der Waals surface area contributed by atoms with Crippen molar-refractivity contribution in [3.05, 3.63) is 78.7 Å². The SMILES string of the molecule is C=C/C=C(\C=C(/CNc1ncc2ccc(-c3ccccc3OC)n2n1)OC)[C@@H]1CCN(CCO)C[C@H]1O. The van der Waals surface area contributed by atoms with E-state index in [1.165, 1.54) is 0 Å². The van der Waals surface area contributed by atoms with Gasteiger partial charge in [0.2, 0.25) is 5.95 Å². The Morgan fingerprint density at radius 3 is 2.81 bits per heavy atom. The van der Waals surface area contributed by atoms with Gasteiger partial charge < -0.3 is 25.0 Å². The van der Waals surface area contributed by atoms with Crippen LogP contribution in [0.5, 0.6) is 5.75 Å². The minimum atomic E-state index is -0.540. The quantitative estimate of drug-likeness (QED) is 0.270. The third-order valence-electron chi connectivity index (χ3n) is 6.61. The van der Waals surface area contributed by atoms with Crippen molar-refractivity contribution >= 4 is 11.5 Å². The molecule has 3 aromatic rings. The average molecular weight is 506 g/mol. The number of aliphatic hydroxyl groups excluding tert-OH is 2. The van der Waals surface area contributed by atoms with Gasteiger partial charge in [0.05, 0.1) is 50.9 Å². The van der Waals surface area contributed by atoms with E-state index in [1.807, 2.05) is 53.1 Å². The Bertz CT molecular complexity index is 1270. The van der Waals surface area contributed by atoms with Crippen molar-refractivity contribution < 1.29 is 19.7 Å². The monoisotopic (exact) mass is 505 g/mol. The predicted octanol–water partition coefficient (Wildman–Crippen LogP) is 3.13. The van der Waals surface area contributed by atoms with Gasteiger partial charge in [0, 0.05) is 24.6 Å². The molecule has 1 fully saturated rings. The average Bonchev–Trinajstić information content (AvgIpc) is 3.34. The molecule has 0 amide bonds. The number of piperidine rings is 1. The summed E-state index contributed by atoms with van der Waals surface area (Å²) in [5.41, 5.74) is 3.66. The molecule has 2 aromatic heterocycles. The number of methoxy groups -OCH3 is 2. The second-order valence-corrected chi connectivity index (χ2v) is 8.89. The Labute approximate surface area is 217 Å². The van der Waals surface area contributed by atoms with E-state index in [0.717, 1.165) is 41.1 Å². The fraction of sp³-hybridized carbons (Fsp3) is 0.357. The molecule has 1 aliphatic heterocycles. The topological polar surface area (TPSA) is 104 Å². The lowest BCUT2D eigenvalue weighted by atomic mass is 9.86. The van der Waals surface area contributed by atoms with Crippen LogP contribution in [0.2, 0.25) is 0 Å². The van der Waals surface area contributed by atoms with Crippen LogP contribution in [0.3, 0.4) is 0 Å². The van der Waals surface area contributed by atoms with Crippen molar-refractivity contribution in [2.24, 2.45) is 5.92 Å². The molecule has 0 bridgehead atoms. The Hall–Kier alpha value is -3.66. The number of likely N-dealkylation sites (tertiary alicyclic amines) is 1. The van der Waals surface area contributed by atoms with Gasteiger partial charge in [-0.3, -0.25) is 4.90 Å². The number of nitrogens with one attached hydrogen (secondary N) is 1. The summed E-state index contributed by atoms with van der Waals surface area (Å²) >= 11 is 0. The molecule has 37 heavy (non-hydrogen) atoms. The lowest BCUT2D eigenvalue weighted by Gasteiger charge is -2.36. The van der Waals surface area contributed by atoms with Crippen LogP contribution in [0.4, 0.5) is 5.95 Å². The smallest absolute Gasteiger partial charge is 0.241 e. The van der Waals surface area contributed by atoms with E-state index in [0.29, 0.717) is 31.3 Å². The number of anilines is 1. The molecule has 3 heterocycles. The van der Waals surface area contributed by atoms with Crippen molar-refractivity contribution in [1.82, 2.24) is 19.5 Å². The number of hydrogen-bond donors (Lipinski definition) is 3. The minimum Gasteiger partial charge on any atom is -0.499 e. The maximum atomic E-state index is 10.8. The molecular formula is C28H35N5O4. The molecule has 0 radical (unpaired) electrons. The molecule has 0 unspecified atom stereocenters. The number of allylic oxidation sites excluding steroid dienone is 3. The maximum Gasteiger partial charge on any atom is 0.241 e. The number of nitrogens with zero attached hydrogens (tertiary/aromatic N) is 4. The summed E-state index contributed by atoms with van der Waals surface area (Å²) in [5.74, 6) is 1.86. The number of hydrogen-bond acceptors (Lipinski definition) is 8. The lowest BCUT2D eigenvalue weighted by molar-refractivity contribution is 0.0302. The van der Waals surface area contributed by atoms with Crippen molar-refractivity contribution in [3.63, 3.8) is 0 Å². The molecule has 1 saturated heterocycles. The van der Waals surface area contributed by atoms with Crippen LogP contribution < -0.4 is 10.1 Å². The van der Waals surface area contributed by atoms with E-state index in [-0.39, 0.29) is 12.5 Å². The third-order valence-corrected chi connectivity index (χ3v) is 6.61. The molecule has 0 saturated carbocycles. The normalized spacial score (nSPS) is 19.1. The fourth-order valence-corrected chi connectivity index (χ4v) is 4.72. The van der Waals surface area contributed by atoms with Crippen molar-refractivity contribution in [1.29, 1.82) is 0 Å². The van der Waals surface area contributed by atoms with Gasteiger partial charge in [-0.2, -0.15) is 0 Å². The summed E-state index contributed by atoms with van der Waals surface area (Å²) in [6, 6.07) is 11.8. The minimum absolute atomic E-state index is 0.0472. The van der Waals surface area contributed by atoms with Crippen LogP contribution >= 0.6 is 0 Å². The summed E-state index contributed by atoms with van der Waals surface area (Å²) in [5, 5.41) is 27.9. The summed E-state index contributed by atoms with van der Waals surface area (Å²) in [4.78, 5) is 6.52. The first-order chi connectivity index (χ1) is 18.1. The maximum absolute atomic E-state index is 10.8. The molecule has 2 atom stereocenters. The van der Waals surface area contributed by atoms with Crippen LogP contribution in [0.25, 0.3) is 16.8 Å². The predicted molar refractivity (Wildman–Crippen MR) is 144 cm³/mol. The standard InChI is InChI=1S/C28H35N5O4/c1-4-7-20(23-12-13-32(14-15-34)19-26(23)35)16-22(36-2)18-30-28-29-17-21-10-11-25(33(21)31-28)24-8-5-6-9-27(24)37-3/h4-11,16-17,23,26,34-35H,1,12-15,18-19H2,2-3H3,(H,30,31)/b20-7+,22-16+/t23-,26+/m0/s1. The number of benzene rings is 1. The summed E-state index contributed by atoms with van der Waals surface area (Å²) < 4.78 is 13.0. The highest BCUT2D eigenvalue weighted by molar-refractivity contribution is 5.71. The van der Waals surface area contributed by atoms with Crippen molar-refractivity contribution in [2.75, 3.05) is 52.3 Å². The first-order valence-corrected chi connectivity index (χ1v) is 12.4. The molecule has 1 aromatic carbocycles. The Morgan fingerprint density at radius 1 is 1.24 bits per heavy atom. The van der Waals surface area contributed by atoms with Gasteiger partial charge in [0.15, 0.2) is 0 Å². The second kappa shape index (κ2) is 12.5. The highest BCUT2D eigenvalue weighted by atomic mass is 16.5. The molecular weight excluding hydrogens is 470 g/mol. The van der Waals surface area contributed by atoms with Crippen LogP contribution in [0, 0.1) is 5.92 Å². The largest absolute Gasteiger partial charge is 0.499 e. The number of aliphatic hydroxyl groups is 2.